The normalized spacial score (nSPS) is 11.4. The molecular formula is C15H9Cl3F3N3O4. The van der Waals surface area contributed by atoms with Gasteiger partial charge in [-0.25, -0.2) is 0 Å². The van der Waals surface area contributed by atoms with Gasteiger partial charge >= 0.3 is 6.18 Å². The summed E-state index contributed by atoms with van der Waals surface area (Å²) >= 11 is 17.9. The molecule has 0 aliphatic rings. The number of nitro benzene ring substituents is 2. The van der Waals surface area contributed by atoms with Crippen LogP contribution in [0.1, 0.15) is 12.5 Å². The van der Waals surface area contributed by atoms with E-state index in [0.29, 0.717) is 6.07 Å². The summed E-state index contributed by atoms with van der Waals surface area (Å²) in [6, 6.07) is 3.09. The van der Waals surface area contributed by atoms with Crippen LogP contribution in [0.4, 0.5) is 35.9 Å². The summed E-state index contributed by atoms with van der Waals surface area (Å²) in [6.07, 6.45) is -5.13. The van der Waals surface area contributed by atoms with Gasteiger partial charge in [-0.2, -0.15) is 13.2 Å². The third-order valence-corrected chi connectivity index (χ3v) is 4.42. The first kappa shape index (κ1) is 22.0. The van der Waals surface area contributed by atoms with Gasteiger partial charge < -0.3 is 4.90 Å². The van der Waals surface area contributed by atoms with E-state index in [1.807, 2.05) is 0 Å². The van der Waals surface area contributed by atoms with Crippen LogP contribution in [0.2, 0.25) is 15.1 Å². The highest BCUT2D eigenvalue weighted by Gasteiger charge is 2.42. The molecule has 0 N–H and O–H groups in total. The number of hydrogen-bond acceptors (Lipinski definition) is 5. The van der Waals surface area contributed by atoms with E-state index in [2.05, 4.69) is 0 Å². The van der Waals surface area contributed by atoms with E-state index >= 15 is 0 Å². The number of anilines is 2. The van der Waals surface area contributed by atoms with E-state index in [0.717, 1.165) is 4.90 Å². The Morgan fingerprint density at radius 2 is 1.50 bits per heavy atom. The van der Waals surface area contributed by atoms with Crippen molar-refractivity contribution in [1.82, 2.24) is 0 Å². The van der Waals surface area contributed by atoms with Crippen molar-refractivity contribution >= 4 is 57.6 Å². The Labute approximate surface area is 170 Å². The molecule has 13 heteroatoms. The van der Waals surface area contributed by atoms with Crippen LogP contribution in [0.25, 0.3) is 0 Å². The highest BCUT2D eigenvalue weighted by atomic mass is 35.5. The lowest BCUT2D eigenvalue weighted by Gasteiger charge is -2.28. The number of benzene rings is 2. The number of nitrogens with zero attached hydrogens (tertiary/aromatic N) is 3. The molecule has 7 nitrogen and oxygen atoms in total. The van der Waals surface area contributed by atoms with Crippen molar-refractivity contribution in [2.45, 2.75) is 13.1 Å². The third kappa shape index (κ3) is 4.23. The third-order valence-electron chi connectivity index (χ3n) is 3.63. The molecule has 0 heterocycles. The second kappa shape index (κ2) is 7.98. The van der Waals surface area contributed by atoms with Crippen LogP contribution >= 0.6 is 34.8 Å². The molecule has 0 aliphatic carbocycles. The van der Waals surface area contributed by atoms with Crippen LogP contribution in [0.5, 0.6) is 0 Å². The number of non-ortho nitro benzene ring substituents is 1. The van der Waals surface area contributed by atoms with Crippen LogP contribution in [-0.2, 0) is 6.18 Å². The number of halogens is 6. The maximum Gasteiger partial charge on any atom is 0.418 e. The maximum atomic E-state index is 13.7. The van der Waals surface area contributed by atoms with Gasteiger partial charge in [-0.1, -0.05) is 34.8 Å². The summed E-state index contributed by atoms with van der Waals surface area (Å²) in [5.74, 6) is 0. The van der Waals surface area contributed by atoms with Gasteiger partial charge in [0, 0.05) is 17.6 Å². The molecule has 0 radical (unpaired) electrons. The summed E-state index contributed by atoms with van der Waals surface area (Å²) in [5, 5.41) is 22.2. The zero-order valence-electron chi connectivity index (χ0n) is 13.8. The highest BCUT2D eigenvalue weighted by Crippen LogP contribution is 2.49. The van der Waals surface area contributed by atoms with Crippen molar-refractivity contribution in [3.05, 3.63) is 65.1 Å². The SMILES string of the molecule is CCN(c1c(Cl)cc(Cl)cc1Cl)c1c([N+](=O)[O-])cc([N+](=O)[O-])cc1C(F)(F)F. The van der Waals surface area contributed by atoms with Gasteiger partial charge in [0.1, 0.15) is 5.69 Å². The molecule has 0 fully saturated rings. The van der Waals surface area contributed by atoms with Gasteiger partial charge in [0.15, 0.2) is 0 Å². The number of rotatable bonds is 5. The Bertz CT molecular complexity index is 947. The van der Waals surface area contributed by atoms with Gasteiger partial charge in [-0.05, 0) is 19.1 Å². The Balaban J connectivity index is 2.96. The average molecular weight is 459 g/mol. The summed E-state index contributed by atoms with van der Waals surface area (Å²) in [7, 11) is 0. The van der Waals surface area contributed by atoms with E-state index < -0.39 is 38.6 Å². The van der Waals surface area contributed by atoms with E-state index in [9.17, 15) is 33.4 Å². The van der Waals surface area contributed by atoms with E-state index in [1.54, 1.807) is 0 Å². The van der Waals surface area contributed by atoms with Crippen LogP contribution in [-0.4, -0.2) is 16.4 Å². The Morgan fingerprint density at radius 1 is 0.964 bits per heavy atom. The fourth-order valence-electron chi connectivity index (χ4n) is 2.57. The molecule has 0 bridgehead atoms. The smallest absolute Gasteiger partial charge is 0.333 e. The van der Waals surface area contributed by atoms with Gasteiger partial charge in [-0.3, -0.25) is 20.2 Å². The first-order valence-electron chi connectivity index (χ1n) is 7.34. The van der Waals surface area contributed by atoms with E-state index in [4.69, 9.17) is 34.8 Å². The number of alkyl halides is 3. The monoisotopic (exact) mass is 457 g/mol. The molecule has 2 rings (SSSR count). The molecular weight excluding hydrogens is 450 g/mol. The van der Waals surface area contributed by atoms with E-state index in [-0.39, 0.29) is 33.4 Å². The zero-order chi connectivity index (χ0) is 21.4. The molecule has 0 saturated carbocycles. The van der Waals surface area contributed by atoms with Crippen molar-refractivity contribution in [1.29, 1.82) is 0 Å². The van der Waals surface area contributed by atoms with Gasteiger partial charge in [0.05, 0.1) is 37.2 Å². The quantitative estimate of drug-likeness (QED) is 0.370. The maximum absolute atomic E-state index is 13.7. The minimum Gasteiger partial charge on any atom is -0.333 e. The molecule has 150 valence electrons. The molecule has 28 heavy (non-hydrogen) atoms. The first-order chi connectivity index (χ1) is 12.9. The summed E-state index contributed by atoms with van der Waals surface area (Å²) in [4.78, 5) is 21.0. The number of hydrogen-bond donors (Lipinski definition) is 0. The Morgan fingerprint density at radius 3 is 1.89 bits per heavy atom. The van der Waals surface area contributed by atoms with Crippen LogP contribution < -0.4 is 4.90 Å². The van der Waals surface area contributed by atoms with Crippen molar-refractivity contribution < 1.29 is 23.0 Å². The van der Waals surface area contributed by atoms with E-state index in [1.165, 1.54) is 19.1 Å². The molecule has 0 amide bonds. The molecule has 2 aromatic rings. The van der Waals surface area contributed by atoms with Crippen LogP contribution in [0.3, 0.4) is 0 Å². The Kier molecular flexibility index (Phi) is 6.27. The van der Waals surface area contributed by atoms with Crippen molar-refractivity contribution in [3.8, 4) is 0 Å². The molecule has 0 aromatic heterocycles. The lowest BCUT2D eigenvalue weighted by molar-refractivity contribution is -0.394. The highest BCUT2D eigenvalue weighted by molar-refractivity contribution is 6.42. The lowest BCUT2D eigenvalue weighted by atomic mass is 10.1. The zero-order valence-corrected chi connectivity index (χ0v) is 16.0. The Hall–Kier alpha value is -2.30. The minimum absolute atomic E-state index is 0.101. The molecule has 0 unspecified atom stereocenters. The number of nitro groups is 2. The molecule has 0 spiro atoms. The predicted octanol–water partition coefficient (Wildman–Crippen LogP) is 6.64. The van der Waals surface area contributed by atoms with Gasteiger partial charge in [0.25, 0.3) is 11.4 Å². The van der Waals surface area contributed by atoms with Gasteiger partial charge in [0.2, 0.25) is 0 Å². The second-order valence-electron chi connectivity index (χ2n) is 5.34. The van der Waals surface area contributed by atoms with Crippen LogP contribution in [0.15, 0.2) is 24.3 Å². The minimum atomic E-state index is -5.13. The largest absolute Gasteiger partial charge is 0.418 e. The van der Waals surface area contributed by atoms with Crippen molar-refractivity contribution in [2.24, 2.45) is 0 Å². The molecule has 2 aromatic carbocycles. The van der Waals surface area contributed by atoms with Crippen LogP contribution in [0, 0.1) is 20.2 Å². The predicted molar refractivity (Wildman–Crippen MR) is 98.9 cm³/mol. The van der Waals surface area contributed by atoms with Crippen molar-refractivity contribution in [2.75, 3.05) is 11.4 Å². The average Bonchev–Trinajstić information content (AvgIpc) is 2.55. The fourth-order valence-corrected chi connectivity index (χ4v) is 3.59. The van der Waals surface area contributed by atoms with Crippen molar-refractivity contribution in [3.63, 3.8) is 0 Å². The standard InChI is InChI=1S/C15H9Cl3F3N3O4/c1-2-22(14-10(17)3-7(16)4-11(14)18)13-9(15(19,20)21)5-8(23(25)26)6-12(13)24(27)28/h3-6H,2H2,1H3. The summed E-state index contributed by atoms with van der Waals surface area (Å²) in [6.45, 7) is 1.19. The molecule has 0 saturated heterocycles. The lowest BCUT2D eigenvalue weighted by Crippen LogP contribution is -2.23. The fraction of sp³-hybridized carbons (Fsp3) is 0.200. The molecule has 0 aliphatic heterocycles. The van der Waals surface area contributed by atoms with Gasteiger partial charge in [-0.15, -0.1) is 0 Å². The second-order valence-corrected chi connectivity index (χ2v) is 6.59. The first-order valence-corrected chi connectivity index (χ1v) is 8.48. The topological polar surface area (TPSA) is 89.5 Å². The molecule has 0 atom stereocenters. The summed E-state index contributed by atoms with van der Waals surface area (Å²) < 4.78 is 41.0. The summed E-state index contributed by atoms with van der Waals surface area (Å²) in [5.41, 5.74) is -4.84.